The standard InChI is InChI=1S/C31H33N3O2S/c1-37-28-16-13-24(14-17-28)22-34(19-8-20-36-30-18-15-27(21-33-30)31(32)35)23-29(25-9-4-2-5-10-25)26-11-6-3-7-12-26/h2-7,9-18,21,29H,8,19-20,22-23H2,1H3,(H2,32,35). The van der Waals surface area contributed by atoms with Crippen LogP contribution in [0.2, 0.25) is 0 Å². The lowest BCUT2D eigenvalue weighted by molar-refractivity contribution is 0.1000. The Morgan fingerprint density at radius 2 is 1.57 bits per heavy atom. The van der Waals surface area contributed by atoms with Crippen molar-refractivity contribution in [2.24, 2.45) is 5.73 Å². The topological polar surface area (TPSA) is 68.5 Å². The Morgan fingerprint density at radius 3 is 2.11 bits per heavy atom. The van der Waals surface area contributed by atoms with Gasteiger partial charge in [0.15, 0.2) is 0 Å². The fourth-order valence-electron chi connectivity index (χ4n) is 4.33. The van der Waals surface area contributed by atoms with Gasteiger partial charge in [0.25, 0.3) is 0 Å². The first-order chi connectivity index (χ1) is 18.1. The van der Waals surface area contributed by atoms with E-state index in [9.17, 15) is 4.79 Å². The van der Waals surface area contributed by atoms with E-state index >= 15 is 0 Å². The maximum Gasteiger partial charge on any atom is 0.250 e. The number of carbonyl (C=O) groups excluding carboxylic acids is 1. The van der Waals surface area contributed by atoms with Crippen molar-refractivity contribution in [3.63, 3.8) is 0 Å². The molecule has 4 rings (SSSR count). The molecule has 0 saturated carbocycles. The van der Waals surface area contributed by atoms with E-state index in [2.05, 4.69) is 101 Å². The van der Waals surface area contributed by atoms with E-state index in [0.717, 1.165) is 26.1 Å². The molecule has 0 saturated heterocycles. The Labute approximate surface area is 223 Å². The van der Waals surface area contributed by atoms with Crippen LogP contribution in [-0.2, 0) is 6.54 Å². The second-order valence-electron chi connectivity index (χ2n) is 8.91. The van der Waals surface area contributed by atoms with Gasteiger partial charge in [-0.1, -0.05) is 72.8 Å². The molecule has 0 fully saturated rings. The molecule has 0 spiro atoms. The minimum absolute atomic E-state index is 0.261. The van der Waals surface area contributed by atoms with Crippen molar-refractivity contribution < 1.29 is 9.53 Å². The fourth-order valence-corrected chi connectivity index (χ4v) is 4.74. The number of rotatable bonds is 13. The van der Waals surface area contributed by atoms with Crippen molar-refractivity contribution in [1.29, 1.82) is 0 Å². The molecule has 0 bridgehead atoms. The van der Waals surface area contributed by atoms with E-state index < -0.39 is 5.91 Å². The van der Waals surface area contributed by atoms with E-state index in [0.29, 0.717) is 18.1 Å². The van der Waals surface area contributed by atoms with Crippen molar-refractivity contribution >= 4 is 17.7 Å². The summed E-state index contributed by atoms with van der Waals surface area (Å²) in [6.07, 6.45) is 4.40. The summed E-state index contributed by atoms with van der Waals surface area (Å²) >= 11 is 1.76. The summed E-state index contributed by atoms with van der Waals surface area (Å²) in [6.45, 7) is 3.16. The molecule has 0 aliphatic heterocycles. The summed E-state index contributed by atoms with van der Waals surface area (Å²) < 4.78 is 5.85. The normalized spacial score (nSPS) is 11.1. The van der Waals surface area contributed by atoms with Gasteiger partial charge in [-0.25, -0.2) is 4.98 Å². The molecule has 190 valence electrons. The van der Waals surface area contributed by atoms with E-state index in [4.69, 9.17) is 10.5 Å². The first-order valence-electron chi connectivity index (χ1n) is 12.5. The van der Waals surface area contributed by atoms with Gasteiger partial charge in [-0.15, -0.1) is 11.8 Å². The number of amides is 1. The number of thioether (sulfide) groups is 1. The third-order valence-corrected chi connectivity index (χ3v) is 7.04. The second-order valence-corrected chi connectivity index (χ2v) is 9.79. The van der Waals surface area contributed by atoms with Crippen LogP contribution in [0, 0.1) is 0 Å². The molecule has 4 aromatic rings. The average Bonchev–Trinajstić information content (AvgIpc) is 2.95. The maximum atomic E-state index is 11.3. The van der Waals surface area contributed by atoms with Crippen LogP contribution in [0.4, 0.5) is 0 Å². The number of carbonyl (C=O) groups is 1. The third kappa shape index (κ3) is 7.94. The van der Waals surface area contributed by atoms with Gasteiger partial charge in [0, 0.05) is 42.7 Å². The Morgan fingerprint density at radius 1 is 0.919 bits per heavy atom. The van der Waals surface area contributed by atoms with Crippen LogP contribution in [0.25, 0.3) is 0 Å². The van der Waals surface area contributed by atoms with Crippen LogP contribution in [0.15, 0.2) is 108 Å². The molecule has 0 aliphatic rings. The van der Waals surface area contributed by atoms with E-state index in [-0.39, 0.29) is 5.92 Å². The van der Waals surface area contributed by atoms with E-state index in [1.807, 2.05) is 0 Å². The summed E-state index contributed by atoms with van der Waals surface area (Å²) in [5.41, 5.74) is 9.59. The summed E-state index contributed by atoms with van der Waals surface area (Å²) in [6, 6.07) is 33.6. The molecule has 0 radical (unpaired) electrons. The van der Waals surface area contributed by atoms with E-state index in [1.54, 1.807) is 23.9 Å². The van der Waals surface area contributed by atoms with Crippen molar-refractivity contribution in [2.45, 2.75) is 23.8 Å². The number of pyridine rings is 1. The summed E-state index contributed by atoms with van der Waals surface area (Å²) in [5, 5.41) is 0. The van der Waals surface area contributed by atoms with Crippen LogP contribution in [-0.4, -0.2) is 41.7 Å². The molecule has 1 amide bonds. The SMILES string of the molecule is CSc1ccc(CN(CCCOc2ccc(C(N)=O)cn2)CC(c2ccccc2)c2ccccc2)cc1. The van der Waals surface area contributed by atoms with Gasteiger partial charge in [-0.3, -0.25) is 9.69 Å². The molecule has 3 aromatic carbocycles. The van der Waals surface area contributed by atoms with Gasteiger partial charge in [-0.05, 0) is 47.6 Å². The molecule has 5 nitrogen and oxygen atoms in total. The zero-order valence-corrected chi connectivity index (χ0v) is 21.9. The van der Waals surface area contributed by atoms with Crippen molar-refractivity contribution in [3.05, 3.63) is 126 Å². The molecular formula is C31H33N3O2S. The second kappa shape index (κ2) is 13.6. The van der Waals surface area contributed by atoms with Gasteiger partial charge in [0.1, 0.15) is 0 Å². The third-order valence-electron chi connectivity index (χ3n) is 6.30. The van der Waals surface area contributed by atoms with Crippen LogP contribution in [0.3, 0.4) is 0 Å². The van der Waals surface area contributed by atoms with Crippen LogP contribution in [0.5, 0.6) is 5.88 Å². The minimum Gasteiger partial charge on any atom is -0.478 e. The van der Waals surface area contributed by atoms with Crippen LogP contribution in [0.1, 0.15) is 39.4 Å². The number of primary amides is 1. The largest absolute Gasteiger partial charge is 0.478 e. The highest BCUT2D eigenvalue weighted by atomic mass is 32.2. The van der Waals surface area contributed by atoms with Crippen LogP contribution >= 0.6 is 11.8 Å². The quantitative estimate of drug-likeness (QED) is 0.176. The molecule has 0 aliphatic carbocycles. The number of benzene rings is 3. The van der Waals surface area contributed by atoms with Gasteiger partial charge >= 0.3 is 0 Å². The highest BCUT2D eigenvalue weighted by molar-refractivity contribution is 7.98. The molecule has 0 unspecified atom stereocenters. The molecule has 1 heterocycles. The minimum atomic E-state index is -0.494. The van der Waals surface area contributed by atoms with Crippen LogP contribution < -0.4 is 10.5 Å². The first-order valence-corrected chi connectivity index (χ1v) is 13.7. The van der Waals surface area contributed by atoms with Gasteiger partial charge < -0.3 is 10.5 Å². The van der Waals surface area contributed by atoms with Crippen molar-refractivity contribution in [1.82, 2.24) is 9.88 Å². The molecule has 0 atom stereocenters. The van der Waals surface area contributed by atoms with Gasteiger partial charge in [0.05, 0.1) is 12.2 Å². The van der Waals surface area contributed by atoms with Crippen molar-refractivity contribution in [3.8, 4) is 5.88 Å². The molecule has 37 heavy (non-hydrogen) atoms. The number of hydrogen-bond acceptors (Lipinski definition) is 5. The van der Waals surface area contributed by atoms with E-state index in [1.165, 1.54) is 27.8 Å². The Balaban J connectivity index is 1.47. The number of nitrogens with two attached hydrogens (primary N) is 1. The van der Waals surface area contributed by atoms with Crippen molar-refractivity contribution in [2.75, 3.05) is 26.0 Å². The number of ether oxygens (including phenoxy) is 1. The summed E-state index contributed by atoms with van der Waals surface area (Å²) in [4.78, 5) is 19.2. The lowest BCUT2D eigenvalue weighted by Gasteiger charge is -2.28. The Bertz CT molecular complexity index is 1190. The number of nitrogens with zero attached hydrogens (tertiary/aromatic N) is 2. The summed E-state index contributed by atoms with van der Waals surface area (Å²) in [7, 11) is 0. The molecule has 6 heteroatoms. The molecular weight excluding hydrogens is 478 g/mol. The molecule has 1 aromatic heterocycles. The van der Waals surface area contributed by atoms with Gasteiger partial charge in [-0.2, -0.15) is 0 Å². The fraction of sp³-hybridized carbons (Fsp3) is 0.226. The lowest BCUT2D eigenvalue weighted by atomic mass is 9.90. The Hall–Kier alpha value is -3.61. The maximum absolute atomic E-state index is 11.3. The highest BCUT2D eigenvalue weighted by Crippen LogP contribution is 2.27. The predicted octanol–water partition coefficient (Wildman–Crippen LogP) is 6.01. The smallest absolute Gasteiger partial charge is 0.250 e. The molecule has 2 N–H and O–H groups in total. The number of hydrogen-bond donors (Lipinski definition) is 1. The lowest BCUT2D eigenvalue weighted by Crippen LogP contribution is -2.30. The number of aromatic nitrogens is 1. The zero-order valence-electron chi connectivity index (χ0n) is 21.1. The zero-order chi connectivity index (χ0) is 25.9. The van der Waals surface area contributed by atoms with Gasteiger partial charge in [0.2, 0.25) is 11.8 Å². The summed E-state index contributed by atoms with van der Waals surface area (Å²) in [5.74, 6) is 0.263. The predicted molar refractivity (Wildman–Crippen MR) is 151 cm³/mol. The average molecular weight is 512 g/mol. The Kier molecular flexibility index (Phi) is 9.74. The first kappa shape index (κ1) is 26.5. The highest BCUT2D eigenvalue weighted by Gasteiger charge is 2.18. The monoisotopic (exact) mass is 511 g/mol.